The van der Waals surface area contributed by atoms with Gasteiger partial charge in [0.25, 0.3) is 0 Å². The third kappa shape index (κ3) is 2.16. The maximum absolute atomic E-state index is 6.38. The molecule has 0 bridgehead atoms. The zero-order valence-electron chi connectivity index (χ0n) is 9.64. The van der Waals surface area contributed by atoms with E-state index in [9.17, 15) is 0 Å². The molecule has 0 aliphatic carbocycles. The van der Waals surface area contributed by atoms with E-state index < -0.39 is 8.07 Å². The predicted molar refractivity (Wildman–Crippen MR) is 72.7 cm³/mol. The number of aryl methyl sites for hydroxylation is 2. The molecule has 0 radical (unpaired) electrons. The minimum atomic E-state index is -0.712. The molecule has 82 valence electrons. The fourth-order valence-corrected chi connectivity index (χ4v) is 3.46. The quantitative estimate of drug-likeness (QED) is 0.787. The van der Waals surface area contributed by atoms with Crippen LogP contribution in [0, 0.1) is 13.8 Å². The predicted octanol–water partition coefficient (Wildman–Crippen LogP) is 2.61. The van der Waals surface area contributed by atoms with E-state index in [4.69, 9.17) is 5.50 Å². The number of benzene rings is 2. The van der Waals surface area contributed by atoms with Crippen molar-refractivity contribution in [2.45, 2.75) is 13.8 Å². The molecule has 1 nitrogen and oxygen atoms in total. The Kier molecular flexibility index (Phi) is 3.38. The monoisotopic (exact) mass is 229 g/mol. The minimum absolute atomic E-state index is 0.712. The Morgan fingerprint density at radius 2 is 1.12 bits per heavy atom. The zero-order valence-corrected chi connectivity index (χ0v) is 10.5. The van der Waals surface area contributed by atoms with Gasteiger partial charge in [0.05, 0.1) is 0 Å². The number of hydrogen-bond donors (Lipinski definition) is 1. The summed E-state index contributed by atoms with van der Waals surface area (Å²) in [7, 11) is -0.712. The van der Waals surface area contributed by atoms with Crippen molar-refractivity contribution in [3.8, 4) is 0 Å². The highest BCUT2D eigenvalue weighted by molar-refractivity contribution is 7.71. The second-order valence-corrected chi connectivity index (χ2v) is 5.65. The van der Waals surface area contributed by atoms with E-state index in [1.807, 2.05) is 0 Å². The van der Waals surface area contributed by atoms with Crippen LogP contribution in [-0.4, -0.2) is 0 Å². The highest BCUT2D eigenvalue weighted by Gasteiger charge is 2.12. The van der Waals surface area contributed by atoms with Crippen LogP contribution in [0.4, 0.5) is 0 Å². The first kappa shape index (κ1) is 11.3. The molecule has 2 aromatic rings. The van der Waals surface area contributed by atoms with Crippen LogP contribution in [-0.2, 0) is 0 Å². The largest absolute Gasteiger partial charge is 0.302 e. The van der Waals surface area contributed by atoms with E-state index in [1.54, 1.807) is 0 Å². The average molecular weight is 229 g/mol. The molecule has 0 spiro atoms. The number of nitrogens with two attached hydrogens (primary N) is 1. The number of rotatable bonds is 2. The van der Waals surface area contributed by atoms with Gasteiger partial charge < -0.3 is 5.50 Å². The third-order valence-corrected chi connectivity index (χ3v) is 4.79. The van der Waals surface area contributed by atoms with E-state index in [1.165, 1.54) is 21.7 Å². The van der Waals surface area contributed by atoms with E-state index in [-0.39, 0.29) is 0 Å². The molecule has 16 heavy (non-hydrogen) atoms. The molecule has 2 rings (SSSR count). The van der Waals surface area contributed by atoms with Crippen molar-refractivity contribution in [1.82, 2.24) is 0 Å². The molecule has 2 aromatic carbocycles. The molecule has 0 aromatic heterocycles. The second-order valence-electron chi connectivity index (χ2n) is 3.94. The Hall–Kier alpha value is -1.17. The molecule has 0 unspecified atom stereocenters. The minimum Gasteiger partial charge on any atom is -0.302 e. The van der Waals surface area contributed by atoms with Crippen LogP contribution in [0.1, 0.15) is 11.1 Å². The van der Waals surface area contributed by atoms with Crippen molar-refractivity contribution in [2.75, 3.05) is 0 Å². The summed E-state index contributed by atoms with van der Waals surface area (Å²) in [5.74, 6) is 0. The van der Waals surface area contributed by atoms with E-state index in [0.717, 1.165) is 0 Å². The zero-order chi connectivity index (χ0) is 11.5. The van der Waals surface area contributed by atoms with Gasteiger partial charge in [0, 0.05) is 8.07 Å². The molecular weight excluding hydrogens is 213 g/mol. The highest BCUT2D eigenvalue weighted by atomic mass is 31.1. The fourth-order valence-electron chi connectivity index (χ4n) is 1.80. The summed E-state index contributed by atoms with van der Waals surface area (Å²) in [5.41, 5.74) is 8.94. The summed E-state index contributed by atoms with van der Waals surface area (Å²) in [6.07, 6.45) is 0. The molecule has 0 aliphatic rings. The summed E-state index contributed by atoms with van der Waals surface area (Å²) >= 11 is 0. The highest BCUT2D eigenvalue weighted by Crippen LogP contribution is 2.26. The third-order valence-electron chi connectivity index (χ3n) is 2.75. The average Bonchev–Trinajstić information content (AvgIpc) is 2.29. The van der Waals surface area contributed by atoms with E-state index in [2.05, 4.69) is 62.4 Å². The molecule has 0 heterocycles. The summed E-state index contributed by atoms with van der Waals surface area (Å²) in [4.78, 5) is 0. The van der Waals surface area contributed by atoms with Crippen molar-refractivity contribution >= 4 is 18.7 Å². The van der Waals surface area contributed by atoms with Crippen LogP contribution < -0.4 is 16.1 Å². The molecule has 2 heteroatoms. The summed E-state index contributed by atoms with van der Waals surface area (Å²) in [5, 5.41) is 2.54. The van der Waals surface area contributed by atoms with Gasteiger partial charge >= 0.3 is 0 Å². The smallest absolute Gasteiger partial charge is 0.0230 e. The molecule has 0 saturated carbocycles. The first-order valence-corrected chi connectivity index (χ1v) is 6.77. The van der Waals surface area contributed by atoms with Gasteiger partial charge in [0.2, 0.25) is 0 Å². The lowest BCUT2D eigenvalue weighted by Crippen LogP contribution is -2.21. The Morgan fingerprint density at radius 1 is 0.750 bits per heavy atom. The maximum atomic E-state index is 6.38. The molecular formula is C14H16NP. The van der Waals surface area contributed by atoms with Crippen LogP contribution in [0.3, 0.4) is 0 Å². The molecule has 0 atom stereocenters. The Balaban J connectivity index is 2.44. The summed E-state index contributed by atoms with van der Waals surface area (Å²) < 4.78 is 0. The lowest BCUT2D eigenvalue weighted by molar-refractivity contribution is 1.50. The fraction of sp³-hybridized carbons (Fsp3) is 0.143. The first-order valence-electron chi connectivity index (χ1n) is 5.36. The summed E-state index contributed by atoms with van der Waals surface area (Å²) in [6, 6.07) is 16.7. The van der Waals surface area contributed by atoms with Crippen molar-refractivity contribution in [3.63, 3.8) is 0 Å². The Morgan fingerprint density at radius 3 is 1.50 bits per heavy atom. The van der Waals surface area contributed by atoms with Crippen LogP contribution in [0.5, 0.6) is 0 Å². The van der Waals surface area contributed by atoms with Crippen LogP contribution in [0.15, 0.2) is 48.5 Å². The molecule has 0 saturated heterocycles. The Labute approximate surface area is 98.1 Å². The van der Waals surface area contributed by atoms with E-state index >= 15 is 0 Å². The molecule has 0 amide bonds. The molecule has 0 aliphatic heterocycles. The van der Waals surface area contributed by atoms with E-state index in [0.29, 0.717) is 0 Å². The lowest BCUT2D eigenvalue weighted by atomic mass is 10.2. The Bertz CT molecular complexity index is 448. The maximum Gasteiger partial charge on any atom is 0.0230 e. The lowest BCUT2D eigenvalue weighted by Gasteiger charge is -2.16. The van der Waals surface area contributed by atoms with Crippen molar-refractivity contribution in [3.05, 3.63) is 59.7 Å². The molecule has 2 N–H and O–H groups in total. The van der Waals surface area contributed by atoms with Crippen molar-refractivity contribution < 1.29 is 0 Å². The normalized spacial score (nSPS) is 10.8. The summed E-state index contributed by atoms with van der Waals surface area (Å²) in [6.45, 7) is 4.24. The van der Waals surface area contributed by atoms with Gasteiger partial charge in [0.1, 0.15) is 0 Å². The SMILES string of the molecule is Cc1ccccc1P(N)c1ccccc1C. The van der Waals surface area contributed by atoms with Crippen LogP contribution in [0.2, 0.25) is 0 Å². The van der Waals surface area contributed by atoms with Gasteiger partial charge in [-0.15, -0.1) is 0 Å². The topological polar surface area (TPSA) is 26.0 Å². The van der Waals surface area contributed by atoms with Gasteiger partial charge in [-0.25, -0.2) is 0 Å². The molecule has 0 fully saturated rings. The standard InChI is InChI=1S/C14H16NP/c1-11-7-3-5-9-13(11)16(15)14-10-6-4-8-12(14)2/h3-10H,15H2,1-2H3. The van der Waals surface area contributed by atoms with Gasteiger partial charge in [0.15, 0.2) is 0 Å². The number of hydrogen-bond acceptors (Lipinski definition) is 1. The van der Waals surface area contributed by atoms with Gasteiger partial charge in [-0.2, -0.15) is 0 Å². The first-order chi connectivity index (χ1) is 7.70. The van der Waals surface area contributed by atoms with Gasteiger partial charge in [-0.05, 0) is 35.6 Å². The van der Waals surface area contributed by atoms with Crippen molar-refractivity contribution in [2.24, 2.45) is 5.50 Å². The van der Waals surface area contributed by atoms with Gasteiger partial charge in [-0.3, -0.25) is 0 Å². The van der Waals surface area contributed by atoms with Crippen LogP contribution >= 0.6 is 8.07 Å². The van der Waals surface area contributed by atoms with Gasteiger partial charge in [-0.1, -0.05) is 48.5 Å². The second kappa shape index (κ2) is 4.78. The van der Waals surface area contributed by atoms with Crippen molar-refractivity contribution in [1.29, 1.82) is 0 Å². The van der Waals surface area contributed by atoms with Crippen LogP contribution in [0.25, 0.3) is 0 Å².